The van der Waals surface area contributed by atoms with E-state index in [1.807, 2.05) is 13.8 Å². The van der Waals surface area contributed by atoms with Crippen LogP contribution in [0.3, 0.4) is 0 Å². The van der Waals surface area contributed by atoms with Crippen LogP contribution in [-0.4, -0.2) is 29.1 Å². The Morgan fingerprint density at radius 2 is 1.60 bits per heavy atom. The Labute approximate surface area is 199 Å². The van der Waals surface area contributed by atoms with Crippen molar-refractivity contribution in [1.82, 2.24) is 10.6 Å². The molecular weight excluding hydrogens is 478 g/mol. The van der Waals surface area contributed by atoms with Crippen LogP contribution in [0.2, 0.25) is 0 Å². The summed E-state index contributed by atoms with van der Waals surface area (Å²) < 4.78 is 78.8. The van der Waals surface area contributed by atoms with Gasteiger partial charge in [0.05, 0.1) is 22.5 Å². The van der Waals surface area contributed by atoms with Crippen molar-refractivity contribution < 1.29 is 41.0 Å². The summed E-state index contributed by atoms with van der Waals surface area (Å²) >= 11 is 0. The summed E-state index contributed by atoms with van der Waals surface area (Å²) in [6.07, 6.45) is -6.43. The molecule has 0 radical (unpaired) electrons. The van der Waals surface area contributed by atoms with Gasteiger partial charge in [-0.05, 0) is 68.2 Å². The molecule has 196 valence electrons. The van der Waals surface area contributed by atoms with E-state index in [9.17, 15) is 41.0 Å². The first kappa shape index (κ1) is 27.3. The predicted octanol–water partition coefficient (Wildman–Crippen LogP) is 5.38. The number of carbonyl (C=O) groups excluding carboxylic acids is 1. The fraction of sp³-hybridized carbons (Fsp3) is 0.667. The van der Waals surface area contributed by atoms with Crippen molar-refractivity contribution in [3.63, 3.8) is 0 Å². The molecule has 3 N–H and O–H groups in total. The van der Waals surface area contributed by atoms with Gasteiger partial charge in [0, 0.05) is 18.6 Å². The van der Waals surface area contributed by atoms with E-state index in [0.29, 0.717) is 44.2 Å². The number of halogens is 6. The van der Waals surface area contributed by atoms with E-state index in [-0.39, 0.29) is 35.5 Å². The molecule has 0 heterocycles. The van der Waals surface area contributed by atoms with Crippen molar-refractivity contribution in [2.24, 2.45) is 17.3 Å². The number of alkyl halides is 6. The van der Waals surface area contributed by atoms with Crippen LogP contribution in [0.25, 0.3) is 0 Å². The summed E-state index contributed by atoms with van der Waals surface area (Å²) in [5, 5.41) is 15.2. The van der Waals surface area contributed by atoms with Gasteiger partial charge in [-0.1, -0.05) is 13.8 Å². The Bertz CT molecular complexity index is 914. The molecule has 0 spiro atoms. The zero-order chi connectivity index (χ0) is 26.2. The maximum Gasteiger partial charge on any atom is 0.416 e. The van der Waals surface area contributed by atoms with E-state index in [1.165, 1.54) is 0 Å². The van der Waals surface area contributed by atoms with Gasteiger partial charge in [0.25, 0.3) is 0 Å². The lowest BCUT2D eigenvalue weighted by Crippen LogP contribution is -2.44. The highest BCUT2D eigenvalue weighted by molar-refractivity contribution is 5.83. The van der Waals surface area contributed by atoms with E-state index in [2.05, 4.69) is 10.6 Å². The molecule has 5 nitrogen and oxygen atoms in total. The molecule has 0 aromatic heterocycles. The highest BCUT2D eigenvalue weighted by Crippen LogP contribution is 2.45. The summed E-state index contributed by atoms with van der Waals surface area (Å²) in [7, 11) is 0. The smallest absolute Gasteiger partial charge is 0.416 e. The summed E-state index contributed by atoms with van der Waals surface area (Å²) in [6, 6.07) is 1.32. The number of aliphatic carboxylic acids is 1. The fourth-order valence-electron chi connectivity index (χ4n) is 5.38. The van der Waals surface area contributed by atoms with E-state index in [1.54, 1.807) is 0 Å². The first-order chi connectivity index (χ1) is 16.1. The highest BCUT2D eigenvalue weighted by Gasteiger charge is 2.48. The molecule has 1 amide bonds. The van der Waals surface area contributed by atoms with Crippen LogP contribution >= 0.6 is 0 Å². The quantitative estimate of drug-likeness (QED) is 0.433. The van der Waals surface area contributed by atoms with E-state index in [4.69, 9.17) is 0 Å². The number of hydrogen-bond donors (Lipinski definition) is 3. The number of carboxylic acid groups (broad SMARTS) is 1. The molecule has 2 aliphatic rings. The maximum absolute atomic E-state index is 13.2. The molecule has 2 fully saturated rings. The lowest BCUT2D eigenvalue weighted by atomic mass is 9.74. The second-order valence-electron chi connectivity index (χ2n) is 10.1. The Balaban J connectivity index is 1.69. The van der Waals surface area contributed by atoms with Crippen molar-refractivity contribution in [1.29, 1.82) is 0 Å². The minimum atomic E-state index is -4.95. The molecule has 35 heavy (non-hydrogen) atoms. The van der Waals surface area contributed by atoms with E-state index >= 15 is 0 Å². The average molecular weight is 509 g/mol. The predicted molar refractivity (Wildman–Crippen MR) is 115 cm³/mol. The molecule has 11 heteroatoms. The largest absolute Gasteiger partial charge is 0.481 e. The van der Waals surface area contributed by atoms with Gasteiger partial charge in [-0.15, -0.1) is 0 Å². The zero-order valence-electron chi connectivity index (χ0n) is 19.5. The molecule has 2 unspecified atom stereocenters. The second kappa shape index (κ2) is 9.99. The summed E-state index contributed by atoms with van der Waals surface area (Å²) in [5.41, 5.74) is -3.94. The molecule has 0 saturated heterocycles. The van der Waals surface area contributed by atoms with Crippen LogP contribution in [0.15, 0.2) is 18.2 Å². The maximum atomic E-state index is 13.2. The lowest BCUT2D eigenvalue weighted by molar-refractivity contribution is -0.143. The van der Waals surface area contributed by atoms with Gasteiger partial charge < -0.3 is 15.7 Å². The fourth-order valence-corrected chi connectivity index (χ4v) is 5.38. The van der Waals surface area contributed by atoms with Crippen LogP contribution < -0.4 is 10.6 Å². The Hall–Kier alpha value is -2.30. The van der Waals surface area contributed by atoms with Crippen molar-refractivity contribution in [2.75, 3.05) is 0 Å². The monoisotopic (exact) mass is 508 g/mol. The number of carboxylic acids is 1. The van der Waals surface area contributed by atoms with Gasteiger partial charge >= 0.3 is 18.3 Å². The molecule has 3 rings (SSSR count). The lowest BCUT2D eigenvalue weighted by Gasteiger charge is -2.33. The molecule has 1 aromatic rings. The Morgan fingerprint density at radius 3 is 2.09 bits per heavy atom. The number of benzene rings is 1. The molecule has 4 atom stereocenters. The molecule has 0 bridgehead atoms. The van der Waals surface area contributed by atoms with E-state index < -0.39 is 47.3 Å². The summed E-state index contributed by atoms with van der Waals surface area (Å²) in [4.78, 5) is 24.4. The molecule has 1 aromatic carbocycles. The van der Waals surface area contributed by atoms with Gasteiger partial charge in [-0.2, -0.15) is 26.3 Å². The third kappa shape index (κ3) is 6.29. The van der Waals surface area contributed by atoms with Gasteiger partial charge in [0.1, 0.15) is 0 Å². The standard InChI is InChI=1S/C24H30F6N2O3/c1-13(2)22(6-5-19(11-22)32-18-4-3-15(9-18)20(33)34)21(35)31-12-14-7-16(23(25,26)27)10-17(8-14)24(28,29)30/h7-8,10,13,15,18-19,32H,3-6,9,11-12H2,1-2H3,(H,31,35)(H,33,34)/t15?,18?,19-,22+/m1/s1. The Morgan fingerprint density at radius 1 is 1.00 bits per heavy atom. The second-order valence-corrected chi connectivity index (χ2v) is 10.1. The minimum absolute atomic E-state index is 0.0221. The van der Waals surface area contributed by atoms with Crippen LogP contribution in [-0.2, 0) is 28.5 Å². The number of nitrogens with one attached hydrogen (secondary N) is 2. The third-order valence-corrected chi connectivity index (χ3v) is 7.46. The molecule has 2 aliphatic carbocycles. The van der Waals surface area contributed by atoms with Gasteiger partial charge in [0.15, 0.2) is 0 Å². The van der Waals surface area contributed by atoms with Crippen molar-refractivity contribution in [3.05, 3.63) is 34.9 Å². The van der Waals surface area contributed by atoms with Crippen molar-refractivity contribution in [2.45, 2.75) is 83.4 Å². The van der Waals surface area contributed by atoms with Gasteiger partial charge in [-0.25, -0.2) is 0 Å². The summed E-state index contributed by atoms with van der Waals surface area (Å²) in [6.45, 7) is 3.27. The normalized spacial score (nSPS) is 27.4. The van der Waals surface area contributed by atoms with Crippen LogP contribution in [0.1, 0.15) is 69.1 Å². The number of rotatable bonds is 7. The first-order valence-corrected chi connectivity index (χ1v) is 11.7. The van der Waals surface area contributed by atoms with Gasteiger partial charge in [-0.3, -0.25) is 9.59 Å². The SMILES string of the molecule is CC(C)[C@]1(C(=O)NCc2cc(C(F)(F)F)cc(C(F)(F)F)c2)CC[C@@H](NC2CCC(C(=O)O)C2)C1. The Kier molecular flexibility index (Phi) is 7.79. The minimum Gasteiger partial charge on any atom is -0.481 e. The average Bonchev–Trinajstić information content (AvgIpc) is 3.39. The number of carbonyl (C=O) groups is 2. The van der Waals surface area contributed by atoms with Crippen molar-refractivity contribution >= 4 is 11.9 Å². The van der Waals surface area contributed by atoms with Crippen LogP contribution in [0, 0.1) is 17.3 Å². The number of amides is 1. The molecule has 0 aliphatic heterocycles. The topological polar surface area (TPSA) is 78.4 Å². The third-order valence-electron chi connectivity index (χ3n) is 7.46. The van der Waals surface area contributed by atoms with Crippen LogP contribution in [0.4, 0.5) is 26.3 Å². The summed E-state index contributed by atoms with van der Waals surface area (Å²) in [5.74, 6) is -1.73. The van der Waals surface area contributed by atoms with Gasteiger partial charge in [0.2, 0.25) is 5.91 Å². The zero-order valence-corrected chi connectivity index (χ0v) is 19.5. The number of hydrogen-bond acceptors (Lipinski definition) is 3. The van der Waals surface area contributed by atoms with E-state index in [0.717, 1.165) is 6.42 Å². The highest BCUT2D eigenvalue weighted by atomic mass is 19.4. The molecule has 2 saturated carbocycles. The van der Waals surface area contributed by atoms with Crippen molar-refractivity contribution in [3.8, 4) is 0 Å². The molecular formula is C24H30F6N2O3. The van der Waals surface area contributed by atoms with Crippen LogP contribution in [0.5, 0.6) is 0 Å². The first-order valence-electron chi connectivity index (χ1n) is 11.7.